The summed E-state index contributed by atoms with van der Waals surface area (Å²) >= 11 is 5.71. The molecule has 0 aromatic heterocycles. The highest BCUT2D eigenvalue weighted by molar-refractivity contribution is 6.30. The standard InChI is InChI=1S/C12H17ClFNO/c1-2-6-15(7-8-16)9-10-4-3-5-11(13)12(10)14/h3-5,16H,2,6-9H2,1H3. The van der Waals surface area contributed by atoms with Crippen LogP contribution in [-0.2, 0) is 6.54 Å². The van der Waals surface area contributed by atoms with E-state index in [9.17, 15) is 4.39 Å². The number of aliphatic hydroxyl groups excluding tert-OH is 1. The molecule has 0 atom stereocenters. The van der Waals surface area contributed by atoms with Crippen LogP contribution in [0.4, 0.5) is 4.39 Å². The van der Waals surface area contributed by atoms with Crippen molar-refractivity contribution < 1.29 is 9.50 Å². The molecule has 0 bridgehead atoms. The highest BCUT2D eigenvalue weighted by atomic mass is 35.5. The molecule has 0 spiro atoms. The molecule has 1 aromatic rings. The molecule has 0 unspecified atom stereocenters. The minimum absolute atomic E-state index is 0.0855. The van der Waals surface area contributed by atoms with Crippen LogP contribution in [0, 0.1) is 5.82 Å². The van der Waals surface area contributed by atoms with Crippen LogP contribution in [0.3, 0.4) is 0 Å². The average molecular weight is 246 g/mol. The van der Waals surface area contributed by atoms with Gasteiger partial charge in [-0.15, -0.1) is 0 Å². The van der Waals surface area contributed by atoms with Gasteiger partial charge in [-0.05, 0) is 19.0 Å². The van der Waals surface area contributed by atoms with Crippen LogP contribution in [0.5, 0.6) is 0 Å². The average Bonchev–Trinajstić information content (AvgIpc) is 2.25. The van der Waals surface area contributed by atoms with Gasteiger partial charge >= 0.3 is 0 Å². The van der Waals surface area contributed by atoms with Gasteiger partial charge in [0.15, 0.2) is 0 Å². The molecule has 0 saturated carbocycles. The van der Waals surface area contributed by atoms with Crippen LogP contribution >= 0.6 is 11.6 Å². The van der Waals surface area contributed by atoms with Crippen LogP contribution in [-0.4, -0.2) is 29.7 Å². The van der Waals surface area contributed by atoms with Crippen molar-refractivity contribution in [3.63, 3.8) is 0 Å². The second kappa shape index (κ2) is 6.84. The van der Waals surface area contributed by atoms with Crippen LogP contribution in [0.15, 0.2) is 18.2 Å². The maximum atomic E-state index is 13.6. The van der Waals surface area contributed by atoms with E-state index in [0.29, 0.717) is 18.7 Å². The van der Waals surface area contributed by atoms with Gasteiger partial charge in [0.25, 0.3) is 0 Å². The summed E-state index contributed by atoms with van der Waals surface area (Å²) in [6.45, 7) is 4.02. The Morgan fingerprint density at radius 3 is 2.75 bits per heavy atom. The Morgan fingerprint density at radius 1 is 1.38 bits per heavy atom. The summed E-state index contributed by atoms with van der Waals surface area (Å²) in [4.78, 5) is 2.01. The summed E-state index contributed by atoms with van der Waals surface area (Å²) in [5.74, 6) is -0.358. The van der Waals surface area contributed by atoms with Crippen molar-refractivity contribution in [1.29, 1.82) is 0 Å². The van der Waals surface area contributed by atoms with Gasteiger partial charge in [-0.2, -0.15) is 0 Å². The number of nitrogens with zero attached hydrogens (tertiary/aromatic N) is 1. The molecule has 0 aliphatic rings. The minimum Gasteiger partial charge on any atom is -0.395 e. The zero-order chi connectivity index (χ0) is 12.0. The van der Waals surface area contributed by atoms with Crippen molar-refractivity contribution in [1.82, 2.24) is 4.90 Å². The first-order valence-corrected chi connectivity index (χ1v) is 5.83. The van der Waals surface area contributed by atoms with E-state index in [1.54, 1.807) is 12.1 Å². The van der Waals surface area contributed by atoms with Gasteiger partial charge in [0.05, 0.1) is 11.6 Å². The monoisotopic (exact) mass is 245 g/mol. The topological polar surface area (TPSA) is 23.5 Å². The van der Waals surface area contributed by atoms with Gasteiger partial charge in [0.1, 0.15) is 5.82 Å². The molecule has 0 fully saturated rings. The van der Waals surface area contributed by atoms with Crippen molar-refractivity contribution >= 4 is 11.6 Å². The molecule has 0 aliphatic carbocycles. The van der Waals surface area contributed by atoms with E-state index in [0.717, 1.165) is 13.0 Å². The van der Waals surface area contributed by atoms with E-state index in [4.69, 9.17) is 16.7 Å². The third-order valence-corrected chi connectivity index (χ3v) is 2.67. The fourth-order valence-corrected chi connectivity index (χ4v) is 1.83. The van der Waals surface area contributed by atoms with E-state index in [-0.39, 0.29) is 17.4 Å². The van der Waals surface area contributed by atoms with Gasteiger partial charge in [-0.3, -0.25) is 4.90 Å². The fourth-order valence-electron chi connectivity index (χ4n) is 1.64. The molecule has 0 amide bonds. The Bertz CT molecular complexity index is 327. The summed E-state index contributed by atoms with van der Waals surface area (Å²) in [6.07, 6.45) is 0.974. The molecular formula is C12H17ClFNO. The molecule has 1 N–H and O–H groups in total. The number of benzene rings is 1. The molecular weight excluding hydrogens is 229 g/mol. The van der Waals surface area contributed by atoms with Gasteiger partial charge in [-0.1, -0.05) is 30.7 Å². The largest absolute Gasteiger partial charge is 0.395 e. The quantitative estimate of drug-likeness (QED) is 0.833. The lowest BCUT2D eigenvalue weighted by molar-refractivity contribution is 0.189. The summed E-state index contributed by atoms with van der Waals surface area (Å²) < 4.78 is 13.6. The maximum Gasteiger partial charge on any atom is 0.146 e. The van der Waals surface area contributed by atoms with Crippen molar-refractivity contribution in [2.75, 3.05) is 19.7 Å². The molecule has 0 saturated heterocycles. The van der Waals surface area contributed by atoms with E-state index < -0.39 is 0 Å². The van der Waals surface area contributed by atoms with Gasteiger partial charge in [0.2, 0.25) is 0 Å². The SMILES string of the molecule is CCCN(CCO)Cc1cccc(Cl)c1F. The van der Waals surface area contributed by atoms with E-state index >= 15 is 0 Å². The van der Waals surface area contributed by atoms with E-state index in [2.05, 4.69) is 6.92 Å². The number of hydrogen-bond donors (Lipinski definition) is 1. The molecule has 2 nitrogen and oxygen atoms in total. The molecule has 1 rings (SSSR count). The normalized spacial score (nSPS) is 11.1. The number of aliphatic hydroxyl groups is 1. The predicted octanol–water partition coefficient (Wildman–Crippen LogP) is 2.68. The zero-order valence-electron chi connectivity index (χ0n) is 9.42. The first-order valence-electron chi connectivity index (χ1n) is 5.45. The first kappa shape index (κ1) is 13.4. The fraction of sp³-hybridized carbons (Fsp3) is 0.500. The van der Waals surface area contributed by atoms with Gasteiger partial charge < -0.3 is 5.11 Å². The predicted molar refractivity (Wildman–Crippen MR) is 64.1 cm³/mol. The maximum absolute atomic E-state index is 13.6. The summed E-state index contributed by atoms with van der Waals surface area (Å²) in [7, 11) is 0. The van der Waals surface area contributed by atoms with Gasteiger partial charge in [-0.25, -0.2) is 4.39 Å². The van der Waals surface area contributed by atoms with Crippen LogP contribution in [0.25, 0.3) is 0 Å². The van der Waals surface area contributed by atoms with Crippen molar-refractivity contribution in [2.24, 2.45) is 0 Å². The third kappa shape index (κ3) is 3.74. The lowest BCUT2D eigenvalue weighted by Gasteiger charge is -2.20. The molecule has 0 radical (unpaired) electrons. The second-order valence-corrected chi connectivity index (χ2v) is 4.12. The van der Waals surface area contributed by atoms with Gasteiger partial charge in [0, 0.05) is 18.7 Å². The highest BCUT2D eigenvalue weighted by Gasteiger charge is 2.10. The van der Waals surface area contributed by atoms with Crippen LogP contribution in [0.1, 0.15) is 18.9 Å². The van der Waals surface area contributed by atoms with Crippen molar-refractivity contribution in [3.8, 4) is 0 Å². The Kier molecular flexibility index (Phi) is 5.74. The molecule has 4 heteroatoms. The molecule has 90 valence electrons. The lowest BCUT2D eigenvalue weighted by atomic mass is 10.2. The Labute approximate surface area is 101 Å². The number of hydrogen-bond acceptors (Lipinski definition) is 2. The second-order valence-electron chi connectivity index (χ2n) is 3.71. The summed E-state index contributed by atoms with van der Waals surface area (Å²) in [5.41, 5.74) is 0.578. The summed E-state index contributed by atoms with van der Waals surface area (Å²) in [6, 6.07) is 5.00. The minimum atomic E-state index is -0.358. The molecule has 1 aromatic carbocycles. The van der Waals surface area contributed by atoms with E-state index in [1.807, 2.05) is 4.90 Å². The lowest BCUT2D eigenvalue weighted by Crippen LogP contribution is -2.27. The van der Waals surface area contributed by atoms with Crippen LogP contribution < -0.4 is 0 Å². The smallest absolute Gasteiger partial charge is 0.146 e. The van der Waals surface area contributed by atoms with Crippen molar-refractivity contribution in [3.05, 3.63) is 34.6 Å². The Balaban J connectivity index is 2.72. The number of halogens is 2. The molecule has 16 heavy (non-hydrogen) atoms. The molecule has 0 heterocycles. The summed E-state index contributed by atoms with van der Waals surface area (Å²) in [5, 5.41) is 9.05. The third-order valence-electron chi connectivity index (χ3n) is 2.38. The van der Waals surface area contributed by atoms with Crippen LogP contribution in [0.2, 0.25) is 5.02 Å². The molecule has 0 aliphatic heterocycles. The zero-order valence-corrected chi connectivity index (χ0v) is 10.2. The van der Waals surface area contributed by atoms with E-state index in [1.165, 1.54) is 6.07 Å². The highest BCUT2D eigenvalue weighted by Crippen LogP contribution is 2.19. The Hall–Kier alpha value is -0.640. The van der Waals surface area contributed by atoms with Crippen molar-refractivity contribution in [2.45, 2.75) is 19.9 Å². The Morgan fingerprint density at radius 2 is 2.12 bits per heavy atom. The first-order chi connectivity index (χ1) is 7.69. The number of rotatable bonds is 6.